The van der Waals surface area contributed by atoms with Crippen LogP contribution in [0.5, 0.6) is 5.75 Å². The molecule has 2 aromatic rings. The largest absolute Gasteiger partial charge is 0.495 e. The molecule has 0 radical (unpaired) electrons. The molecule has 0 unspecified atom stereocenters. The second-order valence-electron chi connectivity index (χ2n) is 5.58. The molecule has 1 amide bonds. The van der Waals surface area contributed by atoms with Crippen molar-refractivity contribution < 1.29 is 31.9 Å². The summed E-state index contributed by atoms with van der Waals surface area (Å²) in [5.41, 5.74) is 0.387. The number of carbonyl (C=O) groups excluding carboxylic acids is 2. The van der Waals surface area contributed by atoms with Crippen molar-refractivity contribution in [2.75, 3.05) is 19.0 Å². The molecule has 0 spiro atoms. The van der Waals surface area contributed by atoms with Crippen LogP contribution in [0.1, 0.15) is 6.92 Å². The lowest BCUT2D eigenvalue weighted by atomic mass is 10.2. The predicted octanol–water partition coefficient (Wildman–Crippen LogP) is 1.68. The third kappa shape index (κ3) is 5.51. The zero-order valence-electron chi connectivity index (χ0n) is 15.1. The van der Waals surface area contributed by atoms with Gasteiger partial charge in [0.2, 0.25) is 10.0 Å². The van der Waals surface area contributed by atoms with Crippen molar-refractivity contribution in [1.82, 2.24) is 4.72 Å². The topological polar surface area (TPSA) is 111 Å². The highest BCUT2D eigenvalue weighted by Gasteiger charge is 2.22. The molecule has 0 bridgehead atoms. The number of esters is 1. The van der Waals surface area contributed by atoms with Crippen molar-refractivity contribution in [2.45, 2.75) is 17.9 Å². The summed E-state index contributed by atoms with van der Waals surface area (Å²) >= 11 is 0. The summed E-state index contributed by atoms with van der Waals surface area (Å²) in [5.74, 6) is -2.16. The van der Waals surface area contributed by atoms with Crippen molar-refractivity contribution in [3.63, 3.8) is 0 Å². The Morgan fingerprint density at radius 3 is 2.43 bits per heavy atom. The van der Waals surface area contributed by atoms with Crippen LogP contribution in [0.2, 0.25) is 0 Å². The Hall–Kier alpha value is -2.98. The molecule has 0 aliphatic rings. The molecule has 10 heteroatoms. The van der Waals surface area contributed by atoms with Gasteiger partial charge in [0, 0.05) is 0 Å². The number of amides is 1. The smallest absolute Gasteiger partial charge is 0.321 e. The standard InChI is InChI=1S/C18H19FN2O6S/c1-12(18(23)21-14-8-4-5-9-15(14)26-2)27-17(22)11-20-28(24,25)16-10-6-3-7-13(16)19/h3-10,12,20H,11H2,1-2H3,(H,21,23)/t12-/m1/s1. The summed E-state index contributed by atoms with van der Waals surface area (Å²) in [7, 11) is -2.80. The lowest BCUT2D eigenvalue weighted by Gasteiger charge is -2.15. The highest BCUT2D eigenvalue weighted by Crippen LogP contribution is 2.23. The minimum absolute atomic E-state index is 0.387. The number of para-hydroxylation sites is 2. The summed E-state index contributed by atoms with van der Waals surface area (Å²) in [5, 5.41) is 2.54. The fourth-order valence-electron chi connectivity index (χ4n) is 2.17. The van der Waals surface area contributed by atoms with Gasteiger partial charge in [-0.15, -0.1) is 0 Å². The molecule has 0 aliphatic heterocycles. The van der Waals surface area contributed by atoms with E-state index < -0.39 is 45.3 Å². The van der Waals surface area contributed by atoms with E-state index in [0.29, 0.717) is 11.4 Å². The molecule has 8 nitrogen and oxygen atoms in total. The number of methoxy groups -OCH3 is 1. The Morgan fingerprint density at radius 1 is 1.11 bits per heavy atom. The molecule has 0 saturated carbocycles. The molecule has 2 aromatic carbocycles. The van der Waals surface area contributed by atoms with Gasteiger partial charge in [-0.1, -0.05) is 24.3 Å². The molecule has 150 valence electrons. The second-order valence-corrected chi connectivity index (χ2v) is 7.31. The van der Waals surface area contributed by atoms with E-state index in [-0.39, 0.29) is 0 Å². The summed E-state index contributed by atoms with van der Waals surface area (Å²) < 4.78 is 49.6. The van der Waals surface area contributed by atoms with Gasteiger partial charge in [-0.3, -0.25) is 9.59 Å². The van der Waals surface area contributed by atoms with Crippen molar-refractivity contribution in [3.05, 3.63) is 54.3 Å². The number of halogens is 1. The number of carbonyl (C=O) groups is 2. The van der Waals surface area contributed by atoms with E-state index in [4.69, 9.17) is 9.47 Å². The first-order valence-electron chi connectivity index (χ1n) is 8.12. The van der Waals surface area contributed by atoms with Crippen LogP contribution in [0, 0.1) is 5.82 Å². The van der Waals surface area contributed by atoms with E-state index in [0.717, 1.165) is 12.1 Å². The summed E-state index contributed by atoms with van der Waals surface area (Å²) in [4.78, 5) is 23.4. The van der Waals surface area contributed by atoms with Crippen LogP contribution in [0.15, 0.2) is 53.4 Å². The van der Waals surface area contributed by atoms with Crippen LogP contribution in [-0.4, -0.2) is 40.1 Å². The van der Waals surface area contributed by atoms with Crippen LogP contribution in [-0.2, 0) is 24.3 Å². The highest BCUT2D eigenvalue weighted by atomic mass is 32.2. The van der Waals surface area contributed by atoms with Crippen LogP contribution < -0.4 is 14.8 Å². The molecule has 2 rings (SSSR count). The van der Waals surface area contributed by atoms with Gasteiger partial charge in [0.25, 0.3) is 5.91 Å². The predicted molar refractivity (Wildman–Crippen MR) is 98.8 cm³/mol. The van der Waals surface area contributed by atoms with Crippen molar-refractivity contribution in [3.8, 4) is 5.75 Å². The van der Waals surface area contributed by atoms with Gasteiger partial charge in [-0.2, -0.15) is 4.72 Å². The number of ether oxygens (including phenoxy) is 2. The number of rotatable bonds is 8. The molecule has 0 aromatic heterocycles. The minimum Gasteiger partial charge on any atom is -0.495 e. The van der Waals surface area contributed by atoms with Crippen molar-refractivity contribution in [1.29, 1.82) is 0 Å². The number of nitrogens with one attached hydrogen (secondary N) is 2. The first-order valence-corrected chi connectivity index (χ1v) is 9.60. The lowest BCUT2D eigenvalue weighted by Crippen LogP contribution is -2.36. The number of sulfonamides is 1. The average Bonchev–Trinajstić information content (AvgIpc) is 2.67. The first-order chi connectivity index (χ1) is 13.2. The maximum Gasteiger partial charge on any atom is 0.321 e. The quantitative estimate of drug-likeness (QED) is 0.641. The van der Waals surface area contributed by atoms with E-state index in [1.165, 1.54) is 26.2 Å². The monoisotopic (exact) mass is 410 g/mol. The Labute approximate surface area is 161 Å². The van der Waals surface area contributed by atoms with E-state index in [2.05, 4.69) is 5.32 Å². The number of hydrogen-bond donors (Lipinski definition) is 2. The highest BCUT2D eigenvalue weighted by molar-refractivity contribution is 7.89. The van der Waals surface area contributed by atoms with Gasteiger partial charge in [-0.05, 0) is 31.2 Å². The van der Waals surface area contributed by atoms with E-state index in [1.54, 1.807) is 24.3 Å². The molecule has 0 heterocycles. The van der Waals surface area contributed by atoms with E-state index in [9.17, 15) is 22.4 Å². The number of benzene rings is 2. The molecular formula is C18H19FN2O6S. The Morgan fingerprint density at radius 2 is 1.75 bits per heavy atom. The molecule has 28 heavy (non-hydrogen) atoms. The summed E-state index contributed by atoms with van der Waals surface area (Å²) in [6, 6.07) is 11.4. The van der Waals surface area contributed by atoms with Gasteiger partial charge >= 0.3 is 5.97 Å². The van der Waals surface area contributed by atoms with Gasteiger partial charge in [0.1, 0.15) is 23.0 Å². The average molecular weight is 410 g/mol. The fraction of sp³-hybridized carbons (Fsp3) is 0.222. The van der Waals surface area contributed by atoms with E-state index in [1.807, 2.05) is 4.72 Å². The number of hydrogen-bond acceptors (Lipinski definition) is 6. The van der Waals surface area contributed by atoms with Crippen LogP contribution in [0.4, 0.5) is 10.1 Å². The maximum absolute atomic E-state index is 13.6. The van der Waals surface area contributed by atoms with Crippen molar-refractivity contribution in [2.24, 2.45) is 0 Å². The molecular weight excluding hydrogens is 391 g/mol. The third-order valence-corrected chi connectivity index (χ3v) is 5.01. The fourth-order valence-corrected chi connectivity index (χ4v) is 3.21. The number of anilines is 1. The normalized spacial score (nSPS) is 12.1. The Balaban J connectivity index is 1.92. The molecule has 1 atom stereocenters. The lowest BCUT2D eigenvalue weighted by molar-refractivity contribution is -0.151. The second kappa shape index (κ2) is 9.29. The third-order valence-electron chi connectivity index (χ3n) is 3.57. The van der Waals surface area contributed by atoms with Gasteiger partial charge in [0.15, 0.2) is 6.10 Å². The van der Waals surface area contributed by atoms with Gasteiger partial charge in [0.05, 0.1) is 12.8 Å². The SMILES string of the molecule is COc1ccccc1NC(=O)[C@@H](C)OC(=O)CNS(=O)(=O)c1ccccc1F. The zero-order chi connectivity index (χ0) is 20.7. The molecule has 0 fully saturated rings. The van der Waals surface area contributed by atoms with E-state index >= 15 is 0 Å². The van der Waals surface area contributed by atoms with Gasteiger partial charge < -0.3 is 14.8 Å². The summed E-state index contributed by atoms with van der Waals surface area (Å²) in [6.45, 7) is 0.566. The zero-order valence-corrected chi connectivity index (χ0v) is 16.0. The minimum atomic E-state index is -4.24. The van der Waals surface area contributed by atoms with Gasteiger partial charge in [-0.25, -0.2) is 12.8 Å². The maximum atomic E-state index is 13.6. The molecule has 0 saturated heterocycles. The Bertz CT molecular complexity index is 964. The Kier molecular flexibility index (Phi) is 7.07. The first kappa shape index (κ1) is 21.3. The van der Waals surface area contributed by atoms with Crippen LogP contribution in [0.3, 0.4) is 0 Å². The van der Waals surface area contributed by atoms with Crippen LogP contribution >= 0.6 is 0 Å². The van der Waals surface area contributed by atoms with Crippen molar-refractivity contribution >= 4 is 27.6 Å². The summed E-state index contributed by atoms with van der Waals surface area (Å²) in [6.07, 6.45) is -1.20. The van der Waals surface area contributed by atoms with Crippen LogP contribution in [0.25, 0.3) is 0 Å². The molecule has 2 N–H and O–H groups in total. The molecule has 0 aliphatic carbocycles.